The zero-order valence-electron chi connectivity index (χ0n) is 8.72. The molecule has 0 aromatic rings. The standard InChI is InChI=1S/C12H17N/c1-9(2)12-5-4-10(3)8-11(12)6-7-13/h6,10H,4-5,8H2,1-3H3/b11-6-/t10-/m1/s1. The lowest BCUT2D eigenvalue weighted by molar-refractivity contribution is 0.495. The van der Waals surface area contributed by atoms with Crippen LogP contribution in [0.4, 0.5) is 0 Å². The van der Waals surface area contributed by atoms with Gasteiger partial charge in [-0.05, 0) is 50.2 Å². The minimum atomic E-state index is 0.739. The van der Waals surface area contributed by atoms with Crippen molar-refractivity contribution < 1.29 is 0 Å². The monoisotopic (exact) mass is 175 g/mol. The summed E-state index contributed by atoms with van der Waals surface area (Å²) in [4.78, 5) is 0. The van der Waals surface area contributed by atoms with E-state index in [1.807, 2.05) is 0 Å². The van der Waals surface area contributed by atoms with Crippen LogP contribution in [0.1, 0.15) is 40.0 Å². The summed E-state index contributed by atoms with van der Waals surface area (Å²) in [5.41, 5.74) is 4.05. The second-order valence-corrected chi connectivity index (χ2v) is 4.13. The molecule has 1 saturated carbocycles. The van der Waals surface area contributed by atoms with Crippen molar-refractivity contribution in [1.29, 1.82) is 5.26 Å². The van der Waals surface area contributed by atoms with Gasteiger partial charge < -0.3 is 0 Å². The van der Waals surface area contributed by atoms with E-state index in [1.54, 1.807) is 6.08 Å². The number of hydrogen-bond acceptors (Lipinski definition) is 1. The van der Waals surface area contributed by atoms with Crippen molar-refractivity contribution >= 4 is 0 Å². The molecule has 0 unspecified atom stereocenters. The van der Waals surface area contributed by atoms with E-state index in [2.05, 4.69) is 26.8 Å². The highest BCUT2D eigenvalue weighted by Gasteiger charge is 2.17. The Bertz CT molecular complexity index is 285. The van der Waals surface area contributed by atoms with Gasteiger partial charge in [0.1, 0.15) is 0 Å². The molecule has 1 rings (SSSR count). The Labute approximate surface area is 80.8 Å². The lowest BCUT2D eigenvalue weighted by Gasteiger charge is -2.24. The molecule has 0 heterocycles. The summed E-state index contributed by atoms with van der Waals surface area (Å²) in [5.74, 6) is 0.739. The summed E-state index contributed by atoms with van der Waals surface area (Å²) in [5, 5.41) is 8.66. The van der Waals surface area contributed by atoms with Gasteiger partial charge in [0.25, 0.3) is 0 Å². The van der Waals surface area contributed by atoms with Crippen LogP contribution in [0.5, 0.6) is 0 Å². The van der Waals surface area contributed by atoms with Crippen LogP contribution in [0.3, 0.4) is 0 Å². The Morgan fingerprint density at radius 1 is 1.54 bits per heavy atom. The molecular formula is C12H17N. The van der Waals surface area contributed by atoms with Crippen molar-refractivity contribution in [3.8, 4) is 6.07 Å². The summed E-state index contributed by atoms with van der Waals surface area (Å²) < 4.78 is 0. The van der Waals surface area contributed by atoms with Crippen LogP contribution in [0.15, 0.2) is 22.8 Å². The minimum Gasteiger partial charge on any atom is -0.193 e. The highest BCUT2D eigenvalue weighted by atomic mass is 14.3. The average molecular weight is 175 g/mol. The number of nitrogens with zero attached hydrogens (tertiary/aromatic N) is 1. The number of rotatable bonds is 0. The molecule has 0 aromatic carbocycles. The molecule has 70 valence electrons. The molecule has 0 N–H and O–H groups in total. The third-order valence-electron chi connectivity index (χ3n) is 2.69. The topological polar surface area (TPSA) is 23.8 Å². The predicted molar refractivity (Wildman–Crippen MR) is 55.1 cm³/mol. The summed E-state index contributed by atoms with van der Waals surface area (Å²) in [6.45, 7) is 6.53. The second kappa shape index (κ2) is 4.28. The molecule has 1 nitrogen and oxygen atoms in total. The Morgan fingerprint density at radius 2 is 2.23 bits per heavy atom. The van der Waals surface area contributed by atoms with Crippen molar-refractivity contribution in [2.75, 3.05) is 0 Å². The molecule has 0 aliphatic heterocycles. The van der Waals surface area contributed by atoms with Crippen LogP contribution in [0, 0.1) is 17.2 Å². The van der Waals surface area contributed by atoms with Gasteiger partial charge in [-0.25, -0.2) is 0 Å². The van der Waals surface area contributed by atoms with E-state index in [0.717, 1.165) is 18.8 Å². The van der Waals surface area contributed by atoms with Crippen molar-refractivity contribution in [3.05, 3.63) is 22.8 Å². The highest BCUT2D eigenvalue weighted by molar-refractivity contribution is 5.38. The van der Waals surface area contributed by atoms with Crippen LogP contribution in [-0.2, 0) is 0 Å². The summed E-state index contributed by atoms with van der Waals surface area (Å²) in [7, 11) is 0. The van der Waals surface area contributed by atoms with Gasteiger partial charge in [0.15, 0.2) is 0 Å². The Morgan fingerprint density at radius 3 is 2.77 bits per heavy atom. The van der Waals surface area contributed by atoms with Gasteiger partial charge in [-0.1, -0.05) is 12.5 Å². The SMILES string of the molecule is CC(C)=C1CC[C@@H](C)C/C1=C/C#N. The third-order valence-corrected chi connectivity index (χ3v) is 2.69. The van der Waals surface area contributed by atoms with Crippen LogP contribution >= 0.6 is 0 Å². The molecule has 1 heteroatoms. The first-order valence-corrected chi connectivity index (χ1v) is 4.90. The first-order valence-electron chi connectivity index (χ1n) is 4.90. The van der Waals surface area contributed by atoms with Crippen molar-refractivity contribution in [2.45, 2.75) is 40.0 Å². The van der Waals surface area contributed by atoms with E-state index in [0.29, 0.717) is 0 Å². The van der Waals surface area contributed by atoms with E-state index in [1.165, 1.54) is 23.1 Å². The maximum Gasteiger partial charge on any atom is 0.0915 e. The van der Waals surface area contributed by atoms with Crippen LogP contribution in [0.2, 0.25) is 0 Å². The molecule has 13 heavy (non-hydrogen) atoms. The minimum absolute atomic E-state index is 0.739. The van der Waals surface area contributed by atoms with Gasteiger partial charge in [0.2, 0.25) is 0 Å². The quantitative estimate of drug-likeness (QED) is 0.516. The molecule has 0 amide bonds. The Hall–Kier alpha value is -1.03. The fraction of sp³-hybridized carbons (Fsp3) is 0.583. The molecule has 0 bridgehead atoms. The smallest absolute Gasteiger partial charge is 0.0915 e. The van der Waals surface area contributed by atoms with E-state index in [9.17, 15) is 0 Å². The van der Waals surface area contributed by atoms with Gasteiger partial charge in [-0.3, -0.25) is 0 Å². The summed E-state index contributed by atoms with van der Waals surface area (Å²) in [6, 6.07) is 2.15. The summed E-state index contributed by atoms with van der Waals surface area (Å²) >= 11 is 0. The zero-order valence-corrected chi connectivity index (χ0v) is 8.72. The van der Waals surface area contributed by atoms with Crippen LogP contribution in [0.25, 0.3) is 0 Å². The normalized spacial score (nSPS) is 25.8. The maximum atomic E-state index is 8.66. The van der Waals surface area contributed by atoms with E-state index < -0.39 is 0 Å². The lowest BCUT2D eigenvalue weighted by atomic mass is 9.81. The molecule has 1 fully saturated rings. The first kappa shape index (κ1) is 10.1. The van der Waals surface area contributed by atoms with Gasteiger partial charge in [0, 0.05) is 6.08 Å². The third kappa shape index (κ3) is 2.45. The van der Waals surface area contributed by atoms with Crippen molar-refractivity contribution in [2.24, 2.45) is 5.92 Å². The molecule has 0 aromatic heterocycles. The van der Waals surface area contributed by atoms with E-state index in [4.69, 9.17) is 5.26 Å². The fourth-order valence-electron chi connectivity index (χ4n) is 1.95. The number of hydrogen-bond donors (Lipinski definition) is 0. The molecule has 0 saturated heterocycles. The molecule has 0 spiro atoms. The van der Waals surface area contributed by atoms with Crippen LogP contribution in [-0.4, -0.2) is 0 Å². The molecule has 0 radical (unpaired) electrons. The maximum absolute atomic E-state index is 8.66. The first-order chi connectivity index (χ1) is 6.15. The van der Waals surface area contributed by atoms with Gasteiger partial charge >= 0.3 is 0 Å². The predicted octanol–water partition coefficient (Wildman–Crippen LogP) is 3.59. The zero-order chi connectivity index (χ0) is 9.84. The van der Waals surface area contributed by atoms with Crippen LogP contribution < -0.4 is 0 Å². The van der Waals surface area contributed by atoms with Gasteiger partial charge in [-0.2, -0.15) is 5.26 Å². The number of allylic oxidation sites excluding steroid dienone is 4. The van der Waals surface area contributed by atoms with Crippen molar-refractivity contribution in [1.82, 2.24) is 0 Å². The molecule has 1 aliphatic carbocycles. The van der Waals surface area contributed by atoms with E-state index >= 15 is 0 Å². The molecule has 1 atom stereocenters. The second-order valence-electron chi connectivity index (χ2n) is 4.13. The molecular weight excluding hydrogens is 158 g/mol. The fourth-order valence-corrected chi connectivity index (χ4v) is 1.95. The Kier molecular flexibility index (Phi) is 3.31. The summed E-state index contributed by atoms with van der Waals surface area (Å²) in [6.07, 6.45) is 5.21. The highest BCUT2D eigenvalue weighted by Crippen LogP contribution is 2.34. The Balaban J connectivity index is 2.93. The van der Waals surface area contributed by atoms with Crippen molar-refractivity contribution in [3.63, 3.8) is 0 Å². The van der Waals surface area contributed by atoms with Gasteiger partial charge in [0.05, 0.1) is 6.07 Å². The van der Waals surface area contributed by atoms with Gasteiger partial charge in [-0.15, -0.1) is 0 Å². The average Bonchev–Trinajstić information content (AvgIpc) is 2.04. The molecule has 1 aliphatic rings. The lowest BCUT2D eigenvalue weighted by Crippen LogP contribution is -2.08. The van der Waals surface area contributed by atoms with E-state index in [-0.39, 0.29) is 0 Å². The number of nitriles is 1. The largest absolute Gasteiger partial charge is 0.193 e.